The third kappa shape index (κ3) is 9.58. The zero-order valence-corrected chi connectivity index (χ0v) is 32.2. The van der Waals surface area contributed by atoms with E-state index in [0.717, 1.165) is 11.1 Å². The smallest absolute Gasteiger partial charge is 0.257 e. The minimum atomic E-state index is -1.07. The molecule has 0 spiro atoms. The second kappa shape index (κ2) is 17.0. The molecule has 15 heteroatoms. The van der Waals surface area contributed by atoms with Crippen LogP contribution in [0, 0.1) is 18.8 Å². The first-order valence-corrected chi connectivity index (χ1v) is 18.7. The highest BCUT2D eigenvalue weighted by Crippen LogP contribution is 2.22. The van der Waals surface area contributed by atoms with Gasteiger partial charge < -0.3 is 30.6 Å². The zero-order chi connectivity index (χ0) is 39.2. The van der Waals surface area contributed by atoms with E-state index in [0.29, 0.717) is 35.0 Å². The maximum absolute atomic E-state index is 14.4. The van der Waals surface area contributed by atoms with Gasteiger partial charge in [-0.3, -0.25) is 19.2 Å². The lowest BCUT2D eigenvalue weighted by molar-refractivity contribution is -0.130. The van der Waals surface area contributed by atoms with Crippen LogP contribution in [0.1, 0.15) is 73.3 Å². The van der Waals surface area contributed by atoms with Crippen LogP contribution in [0.3, 0.4) is 0 Å². The third-order valence-electron chi connectivity index (χ3n) is 9.59. The number of carbonyl (C=O) groups is 4. The van der Waals surface area contributed by atoms with Crippen molar-refractivity contribution in [1.29, 1.82) is 0 Å². The van der Waals surface area contributed by atoms with Gasteiger partial charge in [-0.05, 0) is 48.4 Å². The topological polar surface area (TPSA) is 179 Å². The SMILES string of the molecule is Cc1nc2n(n1)CC(=O)N[C@@H](CC(C)C)COc1ccc(cc1)C[C@H](NC(=O)c1cnn3ccn(C)c13)C(=O)N[C@@H](Cc1ccccc1)C(=O)N[C@H]2C(C)C. The fraction of sp³-hybridized carbons (Fsp3) is 0.425. The summed E-state index contributed by atoms with van der Waals surface area (Å²) in [5.74, 6) is -0.152. The Labute approximate surface area is 320 Å². The van der Waals surface area contributed by atoms with Crippen LogP contribution in [0.2, 0.25) is 0 Å². The van der Waals surface area contributed by atoms with Crippen LogP contribution in [0.4, 0.5) is 0 Å². The first-order chi connectivity index (χ1) is 26.3. The monoisotopic (exact) mass is 750 g/mol. The molecule has 2 bridgehead atoms. The molecule has 0 saturated carbocycles. The number of carbonyl (C=O) groups excluding carboxylic acids is 4. The van der Waals surface area contributed by atoms with Crippen LogP contribution < -0.4 is 26.0 Å². The molecule has 7 rings (SSSR count). The van der Waals surface area contributed by atoms with E-state index in [2.05, 4.69) is 50.3 Å². The molecule has 290 valence electrons. The van der Waals surface area contributed by atoms with E-state index >= 15 is 0 Å². The number of benzene rings is 2. The van der Waals surface area contributed by atoms with Crippen molar-refractivity contribution in [3.05, 3.63) is 102 Å². The van der Waals surface area contributed by atoms with E-state index in [-0.39, 0.29) is 49.8 Å². The highest BCUT2D eigenvalue weighted by Gasteiger charge is 2.32. The van der Waals surface area contributed by atoms with E-state index in [1.165, 1.54) is 10.9 Å². The Morgan fingerprint density at radius 2 is 1.71 bits per heavy atom. The summed E-state index contributed by atoms with van der Waals surface area (Å²) >= 11 is 0. The molecule has 15 nitrogen and oxygen atoms in total. The number of hydrogen-bond acceptors (Lipinski definition) is 8. The summed E-state index contributed by atoms with van der Waals surface area (Å²) in [6.45, 7) is 9.90. The molecule has 5 heterocycles. The minimum Gasteiger partial charge on any atom is -0.491 e. The van der Waals surface area contributed by atoms with Crippen LogP contribution in [-0.4, -0.2) is 77.3 Å². The van der Waals surface area contributed by atoms with Crippen molar-refractivity contribution in [2.24, 2.45) is 18.9 Å². The van der Waals surface area contributed by atoms with Crippen molar-refractivity contribution in [2.45, 2.75) is 84.6 Å². The Hall–Kier alpha value is -5.99. The van der Waals surface area contributed by atoms with Gasteiger partial charge in [-0.15, -0.1) is 0 Å². The zero-order valence-electron chi connectivity index (χ0n) is 32.2. The molecule has 0 unspecified atom stereocenters. The lowest BCUT2D eigenvalue weighted by atomic mass is 10.00. The van der Waals surface area contributed by atoms with Gasteiger partial charge in [0.25, 0.3) is 5.91 Å². The maximum atomic E-state index is 14.4. The number of imidazole rings is 1. The quantitative estimate of drug-likeness (QED) is 0.196. The first kappa shape index (κ1) is 38.7. The minimum absolute atomic E-state index is 0.114. The molecule has 0 radical (unpaired) electrons. The van der Waals surface area contributed by atoms with Gasteiger partial charge in [0.15, 0.2) is 5.82 Å². The van der Waals surface area contributed by atoms with Crippen LogP contribution in [0.5, 0.6) is 5.75 Å². The van der Waals surface area contributed by atoms with Gasteiger partial charge in [0, 0.05) is 32.3 Å². The number of nitrogens with one attached hydrogen (secondary N) is 4. The Morgan fingerprint density at radius 1 is 0.964 bits per heavy atom. The highest BCUT2D eigenvalue weighted by atomic mass is 16.5. The second-order valence-corrected chi connectivity index (χ2v) is 15.0. The Morgan fingerprint density at radius 3 is 2.42 bits per heavy atom. The number of aryl methyl sites for hydroxylation is 2. The van der Waals surface area contributed by atoms with Gasteiger partial charge in [-0.25, -0.2) is 14.2 Å². The molecule has 2 aliphatic heterocycles. The molecule has 0 saturated heterocycles. The molecule has 55 heavy (non-hydrogen) atoms. The molecule has 4 atom stereocenters. The molecular formula is C40H50N10O5. The molecule has 5 aromatic rings. The van der Waals surface area contributed by atoms with E-state index in [1.807, 2.05) is 63.4 Å². The summed E-state index contributed by atoms with van der Waals surface area (Å²) in [6, 6.07) is 13.6. The number of rotatable bonds is 7. The van der Waals surface area contributed by atoms with Crippen molar-refractivity contribution in [1.82, 2.24) is 50.2 Å². The third-order valence-corrected chi connectivity index (χ3v) is 9.59. The predicted octanol–water partition coefficient (Wildman–Crippen LogP) is 3.08. The highest BCUT2D eigenvalue weighted by molar-refractivity contribution is 6.02. The average molecular weight is 751 g/mol. The van der Waals surface area contributed by atoms with Crippen LogP contribution in [0.25, 0.3) is 5.65 Å². The Kier molecular flexibility index (Phi) is 12.0. The summed E-state index contributed by atoms with van der Waals surface area (Å²) < 4.78 is 11.0. The summed E-state index contributed by atoms with van der Waals surface area (Å²) in [6.07, 6.45) is 5.97. The molecule has 4 amide bonds. The average Bonchev–Trinajstić information content (AvgIpc) is 3.84. The number of hydrogen-bond donors (Lipinski definition) is 4. The maximum Gasteiger partial charge on any atom is 0.257 e. The first-order valence-electron chi connectivity index (χ1n) is 18.7. The largest absolute Gasteiger partial charge is 0.491 e. The summed E-state index contributed by atoms with van der Waals surface area (Å²) in [5, 5.41) is 20.9. The standard InChI is InChI=1S/C40H50N10O5/c1-24(2)18-29-23-55-30-14-12-28(13-15-30)20-32(44-37(52)31-21-41-49-17-16-48(6)40(31)49)38(53)45-33(19-27-10-8-7-9-11-27)39(54)46-35(25(3)4)36-42-26(5)47-50(36)22-34(51)43-29/h7-17,21,24-25,29,32-33,35H,18-20,22-23H2,1-6H3,(H,43,51)(H,44,52)(H,45,53)(H,46,54)/t29-,32-,33-,35-/m0/s1. The van der Waals surface area contributed by atoms with Crippen molar-refractivity contribution >= 4 is 29.3 Å². The molecule has 2 aromatic carbocycles. The predicted molar refractivity (Wildman–Crippen MR) is 205 cm³/mol. The van der Waals surface area contributed by atoms with Crippen molar-refractivity contribution < 1.29 is 23.9 Å². The number of nitrogens with zero attached hydrogens (tertiary/aromatic N) is 6. The fourth-order valence-corrected chi connectivity index (χ4v) is 6.89. The van der Waals surface area contributed by atoms with Crippen LogP contribution in [-0.2, 0) is 40.8 Å². The molecule has 2 aliphatic rings. The van der Waals surface area contributed by atoms with Gasteiger partial charge in [-0.2, -0.15) is 10.2 Å². The van der Waals surface area contributed by atoms with Crippen LogP contribution >= 0.6 is 0 Å². The molecular weight excluding hydrogens is 701 g/mol. The summed E-state index contributed by atoms with van der Waals surface area (Å²) in [7, 11) is 1.81. The molecule has 3 aromatic heterocycles. The van der Waals surface area contributed by atoms with E-state index in [4.69, 9.17) is 4.74 Å². The Bertz CT molecular complexity index is 2120. The van der Waals surface area contributed by atoms with Gasteiger partial charge in [0.05, 0.1) is 18.3 Å². The van der Waals surface area contributed by atoms with Crippen molar-refractivity contribution in [3.8, 4) is 5.75 Å². The molecule has 4 N–H and O–H groups in total. The Balaban J connectivity index is 1.38. The van der Waals surface area contributed by atoms with Gasteiger partial charge >= 0.3 is 0 Å². The number of amides is 4. The number of ether oxygens (including phenoxy) is 1. The lowest BCUT2D eigenvalue weighted by Gasteiger charge is -2.27. The number of fused-ring (bicyclic) bond motifs is 15. The number of aromatic nitrogens is 6. The van der Waals surface area contributed by atoms with Gasteiger partial charge in [-0.1, -0.05) is 70.2 Å². The second-order valence-electron chi connectivity index (χ2n) is 15.0. The van der Waals surface area contributed by atoms with E-state index in [9.17, 15) is 19.2 Å². The fourth-order valence-electron chi connectivity index (χ4n) is 6.89. The normalized spacial score (nSPS) is 20.1. The molecule has 0 fully saturated rings. The van der Waals surface area contributed by atoms with E-state index < -0.39 is 35.8 Å². The summed E-state index contributed by atoms with van der Waals surface area (Å²) in [4.78, 5) is 60.7. The van der Waals surface area contributed by atoms with Gasteiger partial charge in [0.2, 0.25) is 17.7 Å². The van der Waals surface area contributed by atoms with Gasteiger partial charge in [0.1, 0.15) is 48.0 Å². The summed E-state index contributed by atoms with van der Waals surface area (Å²) in [5.41, 5.74) is 2.46. The van der Waals surface area contributed by atoms with Crippen LogP contribution in [0.15, 0.2) is 73.2 Å². The van der Waals surface area contributed by atoms with Crippen molar-refractivity contribution in [2.75, 3.05) is 6.61 Å². The van der Waals surface area contributed by atoms with E-state index in [1.54, 1.807) is 40.5 Å². The molecule has 0 aliphatic carbocycles. The lowest BCUT2D eigenvalue weighted by Crippen LogP contribution is -2.55. The van der Waals surface area contributed by atoms with Crippen molar-refractivity contribution in [3.63, 3.8) is 0 Å².